The van der Waals surface area contributed by atoms with Crippen LogP contribution in [-0.2, 0) is 0 Å². The van der Waals surface area contributed by atoms with Crippen molar-refractivity contribution in [2.24, 2.45) is 17.1 Å². The summed E-state index contributed by atoms with van der Waals surface area (Å²) in [6.45, 7) is 13.8. The molecule has 0 aliphatic heterocycles. The smallest absolute Gasteiger partial charge is 0.136 e. The molecular formula is C15H25N3S. The summed E-state index contributed by atoms with van der Waals surface area (Å²) in [5.41, 5.74) is 8.91. The highest BCUT2D eigenvalue weighted by atomic mass is 32.1. The van der Waals surface area contributed by atoms with E-state index in [4.69, 9.17) is 18.0 Å². The molecule has 0 aromatic carbocycles. The number of hydrogen-bond donors (Lipinski definition) is 2. The highest BCUT2D eigenvalue weighted by Gasteiger charge is 2.23. The van der Waals surface area contributed by atoms with E-state index in [0.717, 1.165) is 29.2 Å². The van der Waals surface area contributed by atoms with E-state index in [1.54, 1.807) is 0 Å². The monoisotopic (exact) mass is 279 g/mol. The lowest BCUT2D eigenvalue weighted by atomic mass is 9.81. The molecule has 0 radical (unpaired) electrons. The topological polar surface area (TPSA) is 50.9 Å². The van der Waals surface area contributed by atoms with Crippen molar-refractivity contribution in [2.45, 2.75) is 41.5 Å². The first-order valence-electron chi connectivity index (χ1n) is 6.67. The summed E-state index contributed by atoms with van der Waals surface area (Å²) >= 11 is 5.14. The molecule has 0 saturated carbocycles. The Balaban J connectivity index is 3.04. The van der Waals surface area contributed by atoms with Gasteiger partial charge in [0.25, 0.3) is 0 Å². The predicted molar refractivity (Wildman–Crippen MR) is 86.7 cm³/mol. The molecule has 3 N–H and O–H groups in total. The number of anilines is 1. The quantitative estimate of drug-likeness (QED) is 0.811. The molecule has 0 aliphatic carbocycles. The Morgan fingerprint density at radius 2 is 2.00 bits per heavy atom. The van der Waals surface area contributed by atoms with E-state index in [2.05, 4.69) is 38.0 Å². The maximum absolute atomic E-state index is 5.82. The Morgan fingerprint density at radius 3 is 2.47 bits per heavy atom. The molecule has 0 atom stereocenters. The number of hydrogen-bond acceptors (Lipinski definition) is 3. The van der Waals surface area contributed by atoms with E-state index in [1.807, 2.05) is 19.9 Å². The average molecular weight is 279 g/mol. The van der Waals surface area contributed by atoms with Gasteiger partial charge >= 0.3 is 0 Å². The third-order valence-corrected chi connectivity index (χ3v) is 4.07. The van der Waals surface area contributed by atoms with Crippen molar-refractivity contribution in [1.82, 2.24) is 4.98 Å². The van der Waals surface area contributed by atoms with Crippen LogP contribution in [0.25, 0.3) is 0 Å². The Morgan fingerprint density at radius 1 is 1.42 bits per heavy atom. The average Bonchev–Trinajstić information content (AvgIpc) is 2.24. The molecule has 1 heterocycles. The van der Waals surface area contributed by atoms with Gasteiger partial charge in [0.15, 0.2) is 0 Å². The van der Waals surface area contributed by atoms with Crippen LogP contribution in [0.5, 0.6) is 0 Å². The second-order valence-corrected chi connectivity index (χ2v) is 6.61. The molecule has 0 aliphatic rings. The summed E-state index contributed by atoms with van der Waals surface area (Å²) < 4.78 is 0. The molecule has 19 heavy (non-hydrogen) atoms. The first-order valence-corrected chi connectivity index (χ1v) is 7.08. The SMILES string of the molecule is Cc1cc(C)c(C(N)=S)c(NCC(C)(C)C(C)C)n1. The maximum Gasteiger partial charge on any atom is 0.136 e. The van der Waals surface area contributed by atoms with E-state index in [1.165, 1.54) is 0 Å². The Bertz CT molecular complexity index is 479. The second-order valence-electron chi connectivity index (χ2n) is 6.17. The minimum absolute atomic E-state index is 0.187. The molecule has 4 heteroatoms. The Hall–Kier alpha value is -1.16. The molecule has 1 aromatic rings. The minimum atomic E-state index is 0.187. The van der Waals surface area contributed by atoms with Crippen LogP contribution >= 0.6 is 12.2 Å². The number of thiocarbonyl (C=S) groups is 1. The summed E-state index contributed by atoms with van der Waals surface area (Å²) in [5.74, 6) is 1.39. The van der Waals surface area contributed by atoms with E-state index in [0.29, 0.717) is 10.9 Å². The lowest BCUT2D eigenvalue weighted by Crippen LogP contribution is -2.30. The van der Waals surface area contributed by atoms with Gasteiger partial charge in [0, 0.05) is 12.2 Å². The molecule has 0 bridgehead atoms. The van der Waals surface area contributed by atoms with Crippen LogP contribution in [0.15, 0.2) is 6.07 Å². The fraction of sp³-hybridized carbons (Fsp3) is 0.600. The van der Waals surface area contributed by atoms with Crippen molar-refractivity contribution in [3.8, 4) is 0 Å². The first-order chi connectivity index (χ1) is 8.65. The normalized spacial score (nSPS) is 11.7. The highest BCUT2D eigenvalue weighted by Crippen LogP contribution is 2.27. The third kappa shape index (κ3) is 3.90. The zero-order valence-corrected chi connectivity index (χ0v) is 13.6. The van der Waals surface area contributed by atoms with Gasteiger partial charge in [-0.15, -0.1) is 0 Å². The summed E-state index contributed by atoms with van der Waals surface area (Å²) in [6.07, 6.45) is 0. The molecule has 0 spiro atoms. The van der Waals surface area contributed by atoms with Crippen LogP contribution in [0.1, 0.15) is 44.5 Å². The summed E-state index contributed by atoms with van der Waals surface area (Å²) in [5, 5.41) is 3.42. The summed E-state index contributed by atoms with van der Waals surface area (Å²) in [7, 11) is 0. The Labute approximate surface area is 122 Å². The van der Waals surface area contributed by atoms with Crippen LogP contribution < -0.4 is 11.1 Å². The Kier molecular flexibility index (Phi) is 4.91. The standard InChI is InChI=1S/C15H25N3S/c1-9(2)15(5,6)8-17-14-12(13(16)19)10(3)7-11(4)18-14/h7,9H,8H2,1-6H3,(H2,16,19)(H,17,18). The zero-order chi connectivity index (χ0) is 14.8. The molecule has 106 valence electrons. The number of nitrogens with two attached hydrogens (primary N) is 1. The fourth-order valence-corrected chi connectivity index (χ4v) is 2.05. The highest BCUT2D eigenvalue weighted by molar-refractivity contribution is 7.80. The van der Waals surface area contributed by atoms with Gasteiger partial charge in [-0.3, -0.25) is 0 Å². The predicted octanol–water partition coefficient (Wildman–Crippen LogP) is 3.43. The van der Waals surface area contributed by atoms with Crippen molar-refractivity contribution in [3.05, 3.63) is 22.9 Å². The van der Waals surface area contributed by atoms with Crippen LogP contribution in [0, 0.1) is 25.2 Å². The lowest BCUT2D eigenvalue weighted by molar-refractivity contribution is 0.269. The van der Waals surface area contributed by atoms with Gasteiger partial charge in [-0.2, -0.15) is 0 Å². The van der Waals surface area contributed by atoms with Crippen molar-refractivity contribution in [3.63, 3.8) is 0 Å². The molecule has 1 rings (SSSR count). The van der Waals surface area contributed by atoms with Gasteiger partial charge in [0.05, 0.1) is 5.56 Å². The molecule has 0 amide bonds. The number of pyridine rings is 1. The third-order valence-electron chi connectivity index (χ3n) is 3.87. The van der Waals surface area contributed by atoms with E-state index >= 15 is 0 Å². The van der Waals surface area contributed by atoms with Crippen molar-refractivity contribution in [1.29, 1.82) is 0 Å². The zero-order valence-electron chi connectivity index (χ0n) is 12.8. The van der Waals surface area contributed by atoms with Gasteiger partial charge in [0.2, 0.25) is 0 Å². The van der Waals surface area contributed by atoms with Crippen LogP contribution in [-0.4, -0.2) is 16.5 Å². The minimum Gasteiger partial charge on any atom is -0.389 e. The molecule has 0 saturated heterocycles. The largest absolute Gasteiger partial charge is 0.389 e. The summed E-state index contributed by atoms with van der Waals surface area (Å²) in [4.78, 5) is 4.94. The first kappa shape index (κ1) is 15.9. The number of nitrogens with one attached hydrogen (secondary N) is 1. The maximum atomic E-state index is 5.82. The van der Waals surface area contributed by atoms with Gasteiger partial charge in [-0.1, -0.05) is 39.9 Å². The van der Waals surface area contributed by atoms with Crippen LogP contribution in [0.4, 0.5) is 5.82 Å². The fourth-order valence-electron chi connectivity index (χ4n) is 1.79. The molecule has 0 fully saturated rings. The lowest BCUT2D eigenvalue weighted by Gasteiger charge is -2.30. The second kappa shape index (κ2) is 5.87. The van der Waals surface area contributed by atoms with Gasteiger partial charge < -0.3 is 11.1 Å². The number of aromatic nitrogens is 1. The molecule has 0 unspecified atom stereocenters. The van der Waals surface area contributed by atoms with Crippen LogP contribution in [0.3, 0.4) is 0 Å². The van der Waals surface area contributed by atoms with E-state index in [9.17, 15) is 0 Å². The molecular weight excluding hydrogens is 254 g/mol. The number of nitrogens with zero attached hydrogens (tertiary/aromatic N) is 1. The van der Waals surface area contributed by atoms with Gasteiger partial charge in [-0.25, -0.2) is 4.98 Å². The van der Waals surface area contributed by atoms with Crippen LogP contribution in [0.2, 0.25) is 0 Å². The number of aryl methyl sites for hydroxylation is 2. The summed E-state index contributed by atoms with van der Waals surface area (Å²) in [6, 6.07) is 2.01. The van der Waals surface area contributed by atoms with Crippen molar-refractivity contribution < 1.29 is 0 Å². The molecule has 1 aromatic heterocycles. The van der Waals surface area contributed by atoms with Crippen molar-refractivity contribution in [2.75, 3.05) is 11.9 Å². The molecule has 3 nitrogen and oxygen atoms in total. The van der Waals surface area contributed by atoms with Crippen molar-refractivity contribution >= 4 is 23.0 Å². The van der Waals surface area contributed by atoms with Gasteiger partial charge in [0.1, 0.15) is 10.8 Å². The van der Waals surface area contributed by atoms with E-state index < -0.39 is 0 Å². The van der Waals surface area contributed by atoms with E-state index in [-0.39, 0.29) is 5.41 Å². The van der Waals surface area contributed by atoms with Gasteiger partial charge in [-0.05, 0) is 36.8 Å². The number of rotatable bonds is 5.